The van der Waals surface area contributed by atoms with Gasteiger partial charge in [0, 0.05) is 27.5 Å². The molecule has 0 saturated heterocycles. The van der Waals surface area contributed by atoms with E-state index in [0.717, 1.165) is 53.2 Å². The van der Waals surface area contributed by atoms with Gasteiger partial charge in [-0.15, -0.1) is 11.3 Å². The first kappa shape index (κ1) is 35.2. The summed E-state index contributed by atoms with van der Waals surface area (Å²) in [5.74, 6) is -0.774. The quantitative estimate of drug-likeness (QED) is 0.137. The molecule has 0 spiro atoms. The summed E-state index contributed by atoms with van der Waals surface area (Å²) in [5.41, 5.74) is 8.04. The molecule has 14 heteroatoms. The van der Waals surface area contributed by atoms with Crippen LogP contribution in [0.25, 0.3) is 5.00 Å². The van der Waals surface area contributed by atoms with E-state index in [9.17, 15) is 19.2 Å². The summed E-state index contributed by atoms with van der Waals surface area (Å²) in [4.78, 5) is 51.9. The summed E-state index contributed by atoms with van der Waals surface area (Å²) in [6, 6.07) is 5.61. The fourth-order valence-corrected chi connectivity index (χ4v) is 7.60. The summed E-state index contributed by atoms with van der Waals surface area (Å²) in [6.45, 7) is 9.19. The van der Waals surface area contributed by atoms with Gasteiger partial charge in [-0.05, 0) is 89.6 Å². The van der Waals surface area contributed by atoms with E-state index < -0.39 is 23.9 Å². The van der Waals surface area contributed by atoms with E-state index in [1.54, 1.807) is 49.6 Å². The number of rotatable bonds is 12. The average molecular weight is 692 g/mol. The minimum atomic E-state index is -0.780. The maximum Gasteiger partial charge on any atom is 0.341 e. The number of nitrogens with one attached hydrogen (secondary N) is 3. The number of thiophene rings is 1. The molecule has 3 amide bonds. The van der Waals surface area contributed by atoms with E-state index in [2.05, 4.69) is 25.7 Å². The number of aromatic nitrogens is 1. The second-order valence-corrected chi connectivity index (χ2v) is 12.6. The molecule has 3 heterocycles. The van der Waals surface area contributed by atoms with Crippen LogP contribution in [-0.2, 0) is 31.9 Å². The number of hydrazone groups is 1. The van der Waals surface area contributed by atoms with Crippen LogP contribution in [0.3, 0.4) is 0 Å². The van der Waals surface area contributed by atoms with Crippen molar-refractivity contribution in [1.82, 2.24) is 20.6 Å². The highest BCUT2D eigenvalue weighted by atomic mass is 32.1. The Labute approximate surface area is 288 Å². The van der Waals surface area contributed by atoms with E-state index in [0.29, 0.717) is 29.2 Å². The maximum absolute atomic E-state index is 13.1. The molecule has 2 aliphatic rings. The van der Waals surface area contributed by atoms with Crippen molar-refractivity contribution in [2.75, 3.05) is 26.9 Å². The predicted molar refractivity (Wildman–Crippen MR) is 184 cm³/mol. The van der Waals surface area contributed by atoms with Crippen LogP contribution < -0.4 is 25.5 Å². The molecule has 0 unspecified atom stereocenters. The molecule has 1 aliphatic heterocycles. The van der Waals surface area contributed by atoms with Gasteiger partial charge in [0.1, 0.15) is 5.00 Å². The van der Waals surface area contributed by atoms with Gasteiger partial charge in [-0.3, -0.25) is 4.79 Å². The van der Waals surface area contributed by atoms with E-state index in [1.807, 2.05) is 26.8 Å². The number of esters is 2. The number of hydrogen-bond acceptors (Lipinski definition) is 10. The molecule has 1 aliphatic carbocycles. The van der Waals surface area contributed by atoms with Crippen LogP contribution in [0, 0.1) is 13.8 Å². The van der Waals surface area contributed by atoms with Crippen LogP contribution in [0.15, 0.2) is 40.6 Å². The summed E-state index contributed by atoms with van der Waals surface area (Å²) in [6.07, 6.45) is 5.53. The lowest BCUT2D eigenvalue weighted by molar-refractivity contribution is -0.139. The van der Waals surface area contributed by atoms with Crippen molar-refractivity contribution in [3.63, 3.8) is 0 Å². The average Bonchev–Trinajstić information content (AvgIpc) is 3.58. The Morgan fingerprint density at radius 3 is 2.51 bits per heavy atom. The Morgan fingerprint density at radius 2 is 1.78 bits per heavy atom. The number of ether oxygens (including phenoxy) is 4. The van der Waals surface area contributed by atoms with Gasteiger partial charge in [-0.2, -0.15) is 5.10 Å². The van der Waals surface area contributed by atoms with Crippen LogP contribution in [0.1, 0.15) is 83.0 Å². The number of benzene rings is 1. The maximum atomic E-state index is 13.1. The molecule has 0 radical (unpaired) electrons. The van der Waals surface area contributed by atoms with E-state index >= 15 is 0 Å². The molecular weight excluding hydrogens is 650 g/mol. The topological polar surface area (TPSA) is 159 Å². The molecular formula is C35H41N5O8S. The largest absolute Gasteiger partial charge is 0.493 e. The zero-order chi connectivity index (χ0) is 35.2. The van der Waals surface area contributed by atoms with Crippen molar-refractivity contribution in [2.45, 2.75) is 66.3 Å². The fourth-order valence-electron chi connectivity index (χ4n) is 6.11. The molecule has 0 saturated carbocycles. The van der Waals surface area contributed by atoms with E-state index in [4.69, 9.17) is 18.9 Å². The molecule has 1 atom stereocenters. The zero-order valence-corrected chi connectivity index (χ0v) is 29.3. The molecule has 13 nitrogen and oxygen atoms in total. The second-order valence-electron chi connectivity index (χ2n) is 11.6. The summed E-state index contributed by atoms with van der Waals surface area (Å²) >= 11 is 1.64. The summed E-state index contributed by atoms with van der Waals surface area (Å²) in [7, 11) is 1.45. The van der Waals surface area contributed by atoms with Crippen molar-refractivity contribution in [2.24, 2.45) is 5.10 Å². The molecule has 3 N–H and O–H groups in total. The van der Waals surface area contributed by atoms with Crippen molar-refractivity contribution in [3.8, 4) is 16.5 Å². The number of hydrogen-bond donors (Lipinski definition) is 3. The third-order valence-corrected chi connectivity index (χ3v) is 9.62. The van der Waals surface area contributed by atoms with Crippen LogP contribution in [0.2, 0.25) is 0 Å². The summed E-state index contributed by atoms with van der Waals surface area (Å²) in [5, 5.41) is 10.4. The van der Waals surface area contributed by atoms with Gasteiger partial charge in [0.25, 0.3) is 5.91 Å². The monoisotopic (exact) mass is 691 g/mol. The van der Waals surface area contributed by atoms with Gasteiger partial charge in [-0.1, -0.05) is 6.07 Å². The van der Waals surface area contributed by atoms with E-state index in [-0.39, 0.29) is 30.5 Å². The lowest BCUT2D eigenvalue weighted by atomic mass is 9.95. The molecule has 5 rings (SSSR count). The highest BCUT2D eigenvalue weighted by Gasteiger charge is 2.33. The van der Waals surface area contributed by atoms with Gasteiger partial charge in [0.05, 0.1) is 43.7 Å². The third kappa shape index (κ3) is 7.48. The van der Waals surface area contributed by atoms with Crippen molar-refractivity contribution < 1.29 is 38.1 Å². The first-order valence-electron chi connectivity index (χ1n) is 16.2. The number of carbonyl (C=O) groups excluding carboxylic acids is 4. The minimum absolute atomic E-state index is 0.180. The Hall–Kier alpha value is -5.11. The highest BCUT2D eigenvalue weighted by molar-refractivity contribution is 7.15. The zero-order valence-electron chi connectivity index (χ0n) is 28.5. The van der Waals surface area contributed by atoms with Crippen LogP contribution in [0.4, 0.5) is 4.79 Å². The Bertz CT molecular complexity index is 1840. The van der Waals surface area contributed by atoms with Gasteiger partial charge in [0.15, 0.2) is 18.1 Å². The number of aryl methyl sites for hydroxylation is 2. The Morgan fingerprint density at radius 1 is 1.04 bits per heavy atom. The van der Waals surface area contributed by atoms with Gasteiger partial charge < -0.3 is 34.1 Å². The van der Waals surface area contributed by atoms with Gasteiger partial charge in [0.2, 0.25) is 0 Å². The molecule has 0 fully saturated rings. The molecule has 2 aromatic heterocycles. The van der Waals surface area contributed by atoms with Crippen molar-refractivity contribution in [1.29, 1.82) is 0 Å². The van der Waals surface area contributed by atoms with Crippen LogP contribution in [0.5, 0.6) is 11.5 Å². The number of allylic oxidation sites excluding steroid dienone is 1. The Kier molecular flexibility index (Phi) is 11.1. The predicted octanol–water partition coefficient (Wildman–Crippen LogP) is 4.94. The highest BCUT2D eigenvalue weighted by Crippen LogP contribution is 2.39. The smallest absolute Gasteiger partial charge is 0.341 e. The molecule has 49 heavy (non-hydrogen) atoms. The first-order chi connectivity index (χ1) is 23.6. The standard InChI is InChI=1S/C35H41N5O8S/c1-7-46-33(42)29-20(4)37-35(44)38-31(29)22-13-14-25(26(16-22)45-6)48-18-28(41)39-36-17-23-15-19(3)40(21(23)5)32-30(34(43)47-8-2)24-11-9-10-12-27(24)49-32/h13-17,31H,7-12,18H2,1-6H3,(H,39,41)(H2,37,38,44)/b36-17-/t31-/m1/s1. The van der Waals surface area contributed by atoms with Gasteiger partial charge in [-0.25, -0.2) is 19.8 Å². The van der Waals surface area contributed by atoms with Crippen molar-refractivity contribution >= 4 is 41.4 Å². The number of nitrogens with zero attached hydrogens (tertiary/aromatic N) is 2. The number of fused-ring (bicyclic) bond motifs is 1. The lowest BCUT2D eigenvalue weighted by Crippen LogP contribution is -2.45. The number of urea groups is 1. The normalized spacial score (nSPS) is 15.7. The molecule has 0 bridgehead atoms. The van der Waals surface area contributed by atoms with Crippen molar-refractivity contribution in [3.05, 3.63) is 74.1 Å². The Balaban J connectivity index is 1.27. The second kappa shape index (κ2) is 15.4. The van der Waals surface area contributed by atoms with E-state index in [1.165, 1.54) is 12.0 Å². The van der Waals surface area contributed by atoms with Gasteiger partial charge >= 0.3 is 18.0 Å². The minimum Gasteiger partial charge on any atom is -0.493 e. The molecule has 3 aromatic rings. The number of methoxy groups -OCH3 is 1. The molecule has 260 valence electrons. The fraction of sp³-hybridized carbons (Fsp3) is 0.400. The first-order valence-corrected chi connectivity index (χ1v) is 17.0. The molecule has 1 aromatic carbocycles. The number of carbonyl (C=O) groups is 4. The third-order valence-electron chi connectivity index (χ3n) is 8.34. The SMILES string of the molecule is CCOC(=O)C1=C(C)NC(=O)N[C@@H]1c1ccc(OCC(=O)N/N=C\c2cc(C)n(-c3sc4c(c3C(=O)OCC)CCCC4)c2C)c(OC)c1. The number of amides is 3. The van der Waals surface area contributed by atoms with Crippen LogP contribution in [-0.4, -0.2) is 61.6 Å². The van der Waals surface area contributed by atoms with Crippen LogP contribution >= 0.6 is 11.3 Å². The lowest BCUT2D eigenvalue weighted by Gasteiger charge is -2.28. The summed E-state index contributed by atoms with van der Waals surface area (Å²) < 4.78 is 23.9.